The van der Waals surface area contributed by atoms with Crippen LogP contribution in [0.1, 0.15) is 56.6 Å². The van der Waals surface area contributed by atoms with Crippen LogP contribution in [0.25, 0.3) is 6.08 Å². The van der Waals surface area contributed by atoms with Gasteiger partial charge in [0.05, 0.1) is 30.8 Å². The molecular formula is C38H38F3N3O8. The van der Waals surface area contributed by atoms with Crippen molar-refractivity contribution in [3.63, 3.8) is 0 Å². The minimum atomic E-state index is -4.54. The molecule has 2 bridgehead atoms. The Balaban J connectivity index is 1.32. The Morgan fingerprint density at radius 2 is 1.87 bits per heavy atom. The number of carbonyl (C=O) groups excluding carboxylic acids is 1. The molecule has 52 heavy (non-hydrogen) atoms. The van der Waals surface area contributed by atoms with Crippen molar-refractivity contribution in [3.8, 4) is 34.8 Å². The lowest BCUT2D eigenvalue weighted by Gasteiger charge is -2.59. The van der Waals surface area contributed by atoms with Gasteiger partial charge in [-0.05, 0) is 68.6 Å². The highest BCUT2D eigenvalue weighted by atomic mass is 19.4. The SMILES string of the molecule is COCOc1c(OC)c(C)cc2c1[C@H]1C3Cc4c(O)c(C)c5c(c4[C@H](COC(=O)/C=C/c4cccc(C(F)(F)F)c4)N3C(C#N)[C@@H](C2)N1C)OCO5. The summed E-state index contributed by atoms with van der Waals surface area (Å²) >= 11 is 0. The molecule has 0 aliphatic carbocycles. The van der Waals surface area contributed by atoms with Crippen LogP contribution in [-0.4, -0.2) is 80.5 Å². The number of halogens is 3. The lowest BCUT2D eigenvalue weighted by atomic mass is 9.71. The number of aromatic hydroxyl groups is 1. The molecular weight excluding hydrogens is 683 g/mol. The molecule has 3 aromatic rings. The molecule has 1 saturated heterocycles. The Hall–Kier alpha value is -4.97. The highest BCUT2D eigenvalue weighted by molar-refractivity contribution is 5.87. The second kappa shape index (κ2) is 13.5. The number of benzene rings is 3. The average molecular weight is 722 g/mol. The highest BCUT2D eigenvalue weighted by Crippen LogP contribution is 2.58. The Morgan fingerprint density at radius 3 is 2.58 bits per heavy atom. The number of fused-ring (bicyclic) bond motifs is 9. The van der Waals surface area contributed by atoms with E-state index in [4.69, 9.17) is 28.4 Å². The molecule has 4 aliphatic rings. The fraction of sp³-hybridized carbons (Fsp3) is 0.421. The van der Waals surface area contributed by atoms with Crippen molar-refractivity contribution >= 4 is 12.0 Å². The van der Waals surface area contributed by atoms with Crippen LogP contribution < -0.4 is 18.9 Å². The van der Waals surface area contributed by atoms with Gasteiger partial charge in [0.25, 0.3) is 0 Å². The second-order valence-electron chi connectivity index (χ2n) is 13.4. The number of nitriles is 1. The van der Waals surface area contributed by atoms with Gasteiger partial charge in [-0.2, -0.15) is 18.4 Å². The summed E-state index contributed by atoms with van der Waals surface area (Å²) in [5.41, 5.74) is 3.74. The first-order valence-electron chi connectivity index (χ1n) is 16.8. The Kier molecular flexibility index (Phi) is 9.23. The third-order valence-electron chi connectivity index (χ3n) is 10.6. The minimum absolute atomic E-state index is 0.0197. The van der Waals surface area contributed by atoms with Crippen molar-refractivity contribution in [1.82, 2.24) is 9.80 Å². The molecule has 5 atom stereocenters. The number of piperazine rings is 1. The van der Waals surface area contributed by atoms with Crippen LogP contribution in [0.4, 0.5) is 13.2 Å². The minimum Gasteiger partial charge on any atom is -0.507 e. The molecule has 274 valence electrons. The Labute approximate surface area is 298 Å². The largest absolute Gasteiger partial charge is 0.507 e. The molecule has 4 aliphatic heterocycles. The summed E-state index contributed by atoms with van der Waals surface area (Å²) in [5.74, 6) is 1.10. The maximum absolute atomic E-state index is 13.3. The van der Waals surface area contributed by atoms with Gasteiger partial charge in [0, 0.05) is 47.5 Å². The highest BCUT2D eigenvalue weighted by Gasteiger charge is 2.57. The summed E-state index contributed by atoms with van der Waals surface area (Å²) < 4.78 is 74.8. The number of esters is 1. The van der Waals surface area contributed by atoms with Crippen molar-refractivity contribution < 1.29 is 51.5 Å². The molecule has 1 N–H and O–H groups in total. The number of methoxy groups -OCH3 is 2. The van der Waals surface area contributed by atoms with Crippen LogP contribution in [0.2, 0.25) is 0 Å². The molecule has 0 radical (unpaired) electrons. The van der Waals surface area contributed by atoms with E-state index < -0.39 is 35.8 Å². The fourth-order valence-corrected chi connectivity index (χ4v) is 8.43. The zero-order chi connectivity index (χ0) is 37.1. The number of nitrogens with zero attached hydrogens (tertiary/aromatic N) is 3. The van der Waals surface area contributed by atoms with Gasteiger partial charge in [0.15, 0.2) is 29.8 Å². The third kappa shape index (κ3) is 5.77. The summed E-state index contributed by atoms with van der Waals surface area (Å²) in [4.78, 5) is 17.4. The fourth-order valence-electron chi connectivity index (χ4n) is 8.43. The molecule has 0 spiro atoms. The summed E-state index contributed by atoms with van der Waals surface area (Å²) in [5, 5.41) is 22.5. The summed E-state index contributed by atoms with van der Waals surface area (Å²) in [6.07, 6.45) is -1.40. The zero-order valence-electron chi connectivity index (χ0n) is 29.2. The van der Waals surface area contributed by atoms with E-state index in [1.165, 1.54) is 25.3 Å². The number of hydrogen-bond donors (Lipinski definition) is 1. The standard InChI is InChI=1S/C38H38F3N3O8/c1-19-11-22-13-25-27(15-42)44-26(32(43(25)3)30(22)36(34(19)48-5)50-17-47-4)14-24-31(37-35(51-18-52-37)20(2)33(24)46)28(44)16-49-29(45)10-9-21-7-6-8-23(12-21)38(39,40)41/h6-12,25-28,32,46H,13-14,16-18H2,1-5H3/b10-9+/t25-,26?,27?,28+,32-/m1/s1. The van der Waals surface area contributed by atoms with E-state index in [-0.39, 0.29) is 43.6 Å². The van der Waals surface area contributed by atoms with Crippen LogP contribution in [0, 0.1) is 25.2 Å². The summed E-state index contributed by atoms with van der Waals surface area (Å²) in [6.45, 7) is 3.31. The van der Waals surface area contributed by atoms with Gasteiger partial charge in [-0.25, -0.2) is 4.79 Å². The third-order valence-corrected chi connectivity index (χ3v) is 10.6. The van der Waals surface area contributed by atoms with Gasteiger partial charge in [-0.15, -0.1) is 0 Å². The number of phenols is 1. The Morgan fingerprint density at radius 1 is 1.10 bits per heavy atom. The molecule has 3 aromatic carbocycles. The van der Waals surface area contributed by atoms with Gasteiger partial charge in [0.2, 0.25) is 6.79 Å². The lowest BCUT2D eigenvalue weighted by Crippen LogP contribution is -2.68. The van der Waals surface area contributed by atoms with E-state index in [0.717, 1.165) is 34.9 Å². The quantitative estimate of drug-likeness (QED) is 0.173. The van der Waals surface area contributed by atoms with Crippen molar-refractivity contribution in [2.45, 2.75) is 63.1 Å². The van der Waals surface area contributed by atoms with Crippen LogP contribution in [0.5, 0.6) is 28.7 Å². The molecule has 4 heterocycles. The van der Waals surface area contributed by atoms with Crippen LogP contribution >= 0.6 is 0 Å². The zero-order valence-corrected chi connectivity index (χ0v) is 29.2. The van der Waals surface area contributed by atoms with Crippen LogP contribution in [0.15, 0.2) is 36.4 Å². The molecule has 2 unspecified atom stereocenters. The van der Waals surface area contributed by atoms with E-state index in [1.54, 1.807) is 14.0 Å². The Bertz CT molecular complexity index is 1990. The van der Waals surface area contributed by atoms with Crippen LogP contribution in [0.3, 0.4) is 0 Å². The molecule has 0 amide bonds. The maximum atomic E-state index is 13.3. The molecule has 14 heteroatoms. The number of aryl methyl sites for hydroxylation is 1. The van der Waals surface area contributed by atoms with Gasteiger partial charge in [-0.3, -0.25) is 9.80 Å². The second-order valence-corrected chi connectivity index (χ2v) is 13.4. The van der Waals surface area contributed by atoms with Crippen molar-refractivity contribution in [1.29, 1.82) is 5.26 Å². The molecule has 0 aromatic heterocycles. The summed E-state index contributed by atoms with van der Waals surface area (Å²) in [6, 6.07) is 6.66. The smallest absolute Gasteiger partial charge is 0.416 e. The van der Waals surface area contributed by atoms with E-state index in [2.05, 4.69) is 17.0 Å². The number of likely N-dealkylation sites (N-methyl/N-ethyl adjacent to an activating group) is 1. The first kappa shape index (κ1) is 35.4. The first-order chi connectivity index (χ1) is 24.9. The monoisotopic (exact) mass is 721 g/mol. The van der Waals surface area contributed by atoms with Crippen molar-refractivity contribution in [3.05, 3.63) is 80.9 Å². The average Bonchev–Trinajstić information content (AvgIpc) is 3.61. The molecule has 7 rings (SSSR count). The topological polar surface area (TPSA) is 123 Å². The predicted molar refractivity (Wildman–Crippen MR) is 180 cm³/mol. The number of phenolic OH excluding ortho intramolecular Hbond substituents is 1. The molecule has 11 nitrogen and oxygen atoms in total. The van der Waals surface area contributed by atoms with Gasteiger partial charge in [-0.1, -0.05) is 18.2 Å². The van der Waals surface area contributed by atoms with Gasteiger partial charge >= 0.3 is 12.1 Å². The van der Waals surface area contributed by atoms with E-state index in [9.17, 15) is 28.3 Å². The molecule has 1 fully saturated rings. The number of carbonyl (C=O) groups is 1. The van der Waals surface area contributed by atoms with Gasteiger partial charge in [0.1, 0.15) is 18.4 Å². The number of alkyl halides is 3. The molecule has 0 saturated carbocycles. The van der Waals surface area contributed by atoms with E-state index in [1.807, 2.05) is 18.9 Å². The maximum Gasteiger partial charge on any atom is 0.416 e. The number of rotatable bonds is 8. The predicted octanol–water partition coefficient (Wildman–Crippen LogP) is 5.78. The van der Waals surface area contributed by atoms with Gasteiger partial charge < -0.3 is 33.5 Å². The van der Waals surface area contributed by atoms with Crippen molar-refractivity contribution in [2.75, 3.05) is 41.5 Å². The summed E-state index contributed by atoms with van der Waals surface area (Å²) in [7, 11) is 5.08. The van der Waals surface area contributed by atoms with E-state index in [0.29, 0.717) is 52.5 Å². The normalized spacial score (nSPS) is 23.4. The van der Waals surface area contributed by atoms with E-state index >= 15 is 0 Å². The first-order valence-corrected chi connectivity index (χ1v) is 16.8. The number of ether oxygens (including phenoxy) is 6. The number of hydrogen-bond acceptors (Lipinski definition) is 11. The van der Waals surface area contributed by atoms with Crippen LogP contribution in [-0.2, 0) is 33.3 Å². The lowest BCUT2D eigenvalue weighted by molar-refractivity contribution is -0.143. The van der Waals surface area contributed by atoms with Crippen molar-refractivity contribution in [2.24, 2.45) is 0 Å².